The van der Waals surface area contributed by atoms with Crippen LogP contribution >= 0.6 is 0 Å². The molecule has 1 fully saturated rings. The predicted octanol–water partition coefficient (Wildman–Crippen LogP) is 4.35. The van der Waals surface area contributed by atoms with Gasteiger partial charge in [0.2, 0.25) is 0 Å². The number of rotatable bonds is 7. The van der Waals surface area contributed by atoms with Gasteiger partial charge >= 0.3 is 0 Å². The second kappa shape index (κ2) is 7.44. The minimum absolute atomic E-state index is 0.299. The van der Waals surface area contributed by atoms with Crippen molar-refractivity contribution in [1.29, 1.82) is 0 Å². The fraction of sp³-hybridized carbons (Fsp3) is 0.833. The lowest BCUT2D eigenvalue weighted by molar-refractivity contribution is 0.282. The maximum absolute atomic E-state index is 4.87. The molecule has 1 aromatic rings. The molecule has 1 N–H and O–H groups in total. The lowest BCUT2D eigenvalue weighted by atomic mass is 9.82. The summed E-state index contributed by atoms with van der Waals surface area (Å²) in [6.45, 7) is 10.2. The molecule has 3 heteroatoms. The molecule has 0 amide bonds. The van der Waals surface area contributed by atoms with E-state index >= 15 is 0 Å². The van der Waals surface area contributed by atoms with Gasteiger partial charge in [0.05, 0.1) is 11.7 Å². The Morgan fingerprint density at radius 2 is 2.05 bits per heavy atom. The summed E-state index contributed by atoms with van der Waals surface area (Å²) in [6, 6.07) is 3.45. The van der Waals surface area contributed by atoms with Crippen molar-refractivity contribution in [3.63, 3.8) is 0 Å². The minimum atomic E-state index is 0.299. The van der Waals surface area contributed by atoms with Crippen LogP contribution in [0.3, 0.4) is 0 Å². The summed E-state index contributed by atoms with van der Waals surface area (Å²) in [5.74, 6) is 0. The van der Waals surface area contributed by atoms with Gasteiger partial charge in [-0.25, -0.2) is 0 Å². The molecule has 1 aliphatic rings. The Labute approximate surface area is 130 Å². The summed E-state index contributed by atoms with van der Waals surface area (Å²) in [5, 5.41) is 8.39. The Morgan fingerprint density at radius 1 is 1.33 bits per heavy atom. The molecule has 3 nitrogen and oxygen atoms in total. The molecule has 1 atom stereocenters. The largest absolute Gasteiger partial charge is 0.315 e. The van der Waals surface area contributed by atoms with E-state index in [4.69, 9.17) is 5.10 Å². The van der Waals surface area contributed by atoms with E-state index in [1.54, 1.807) is 0 Å². The van der Waals surface area contributed by atoms with Crippen LogP contribution in [0, 0.1) is 5.41 Å². The van der Waals surface area contributed by atoms with Crippen molar-refractivity contribution in [2.75, 3.05) is 6.54 Å². The normalized spacial score (nSPS) is 18.9. The first-order valence-corrected chi connectivity index (χ1v) is 8.77. The van der Waals surface area contributed by atoms with E-state index < -0.39 is 0 Å². The fourth-order valence-corrected chi connectivity index (χ4v) is 3.83. The van der Waals surface area contributed by atoms with E-state index in [2.05, 4.69) is 50.0 Å². The van der Waals surface area contributed by atoms with Crippen molar-refractivity contribution >= 4 is 0 Å². The van der Waals surface area contributed by atoms with Crippen molar-refractivity contribution in [3.8, 4) is 0 Å². The zero-order valence-corrected chi connectivity index (χ0v) is 14.4. The van der Waals surface area contributed by atoms with Crippen LogP contribution < -0.4 is 5.32 Å². The van der Waals surface area contributed by atoms with Gasteiger partial charge in [0.15, 0.2) is 0 Å². The van der Waals surface area contributed by atoms with Gasteiger partial charge < -0.3 is 5.32 Å². The Bertz CT molecular complexity index is 416. The third-order valence-corrected chi connectivity index (χ3v) is 4.68. The zero-order valence-electron chi connectivity index (χ0n) is 14.4. The van der Waals surface area contributed by atoms with Crippen LogP contribution in [-0.4, -0.2) is 22.4 Å². The third kappa shape index (κ3) is 5.14. The smallest absolute Gasteiger partial charge is 0.0630 e. The number of hydrogen-bond donors (Lipinski definition) is 1. The standard InChI is InChI=1S/C18H33N3/c1-5-19-15(2)13-18(3,4)14-16-11-12-21(20-16)17-9-7-6-8-10-17/h11-12,15,17,19H,5-10,13-14H2,1-4H3. The summed E-state index contributed by atoms with van der Waals surface area (Å²) in [4.78, 5) is 0. The van der Waals surface area contributed by atoms with E-state index in [0.717, 1.165) is 13.0 Å². The van der Waals surface area contributed by atoms with Gasteiger partial charge in [0.25, 0.3) is 0 Å². The molecule has 0 saturated heterocycles. The van der Waals surface area contributed by atoms with E-state index in [1.807, 2.05) is 0 Å². The van der Waals surface area contributed by atoms with E-state index in [-0.39, 0.29) is 0 Å². The quantitative estimate of drug-likeness (QED) is 0.809. The van der Waals surface area contributed by atoms with Crippen LogP contribution in [0.4, 0.5) is 0 Å². The molecule has 2 rings (SSSR count). The van der Waals surface area contributed by atoms with Crippen molar-refractivity contribution in [3.05, 3.63) is 18.0 Å². The van der Waals surface area contributed by atoms with Gasteiger partial charge in [-0.05, 0) is 50.6 Å². The number of aromatic nitrogens is 2. The number of nitrogens with zero attached hydrogens (tertiary/aromatic N) is 2. The molecule has 1 aromatic heterocycles. The topological polar surface area (TPSA) is 29.9 Å². The summed E-state index contributed by atoms with van der Waals surface area (Å²) in [7, 11) is 0. The molecular formula is C18H33N3. The number of nitrogens with one attached hydrogen (secondary N) is 1. The fourth-order valence-electron chi connectivity index (χ4n) is 3.83. The van der Waals surface area contributed by atoms with Crippen LogP contribution in [0.25, 0.3) is 0 Å². The molecule has 0 aromatic carbocycles. The zero-order chi connectivity index (χ0) is 15.3. The van der Waals surface area contributed by atoms with Crippen molar-refractivity contribution < 1.29 is 0 Å². The molecule has 0 bridgehead atoms. The maximum Gasteiger partial charge on any atom is 0.0630 e. The first-order valence-electron chi connectivity index (χ1n) is 8.77. The van der Waals surface area contributed by atoms with Gasteiger partial charge in [0.1, 0.15) is 0 Å². The van der Waals surface area contributed by atoms with Gasteiger partial charge in [-0.2, -0.15) is 5.10 Å². The predicted molar refractivity (Wildman–Crippen MR) is 89.6 cm³/mol. The molecule has 0 radical (unpaired) electrons. The lowest BCUT2D eigenvalue weighted by Gasteiger charge is -2.28. The van der Waals surface area contributed by atoms with Crippen LogP contribution in [0.1, 0.15) is 78.0 Å². The second-order valence-corrected chi connectivity index (χ2v) is 7.58. The molecule has 1 heterocycles. The highest BCUT2D eigenvalue weighted by Crippen LogP contribution is 2.30. The van der Waals surface area contributed by atoms with E-state index in [9.17, 15) is 0 Å². The third-order valence-electron chi connectivity index (χ3n) is 4.68. The van der Waals surface area contributed by atoms with E-state index in [0.29, 0.717) is 17.5 Å². The van der Waals surface area contributed by atoms with E-state index in [1.165, 1.54) is 44.2 Å². The Hall–Kier alpha value is -0.830. The molecule has 1 saturated carbocycles. The first-order chi connectivity index (χ1) is 10.00. The average Bonchev–Trinajstić information content (AvgIpc) is 2.87. The van der Waals surface area contributed by atoms with Gasteiger partial charge in [-0.15, -0.1) is 0 Å². The van der Waals surface area contributed by atoms with Crippen LogP contribution in [0.2, 0.25) is 0 Å². The maximum atomic E-state index is 4.87. The summed E-state index contributed by atoms with van der Waals surface area (Å²) in [5.41, 5.74) is 1.56. The minimum Gasteiger partial charge on any atom is -0.315 e. The van der Waals surface area contributed by atoms with Crippen LogP contribution in [-0.2, 0) is 6.42 Å². The summed E-state index contributed by atoms with van der Waals surface area (Å²) >= 11 is 0. The number of hydrogen-bond acceptors (Lipinski definition) is 2. The Kier molecular flexibility index (Phi) is 5.86. The summed E-state index contributed by atoms with van der Waals surface area (Å²) in [6.07, 6.45) is 11.2. The highest BCUT2D eigenvalue weighted by atomic mass is 15.3. The molecule has 120 valence electrons. The highest BCUT2D eigenvalue weighted by molar-refractivity contribution is 5.03. The average molecular weight is 291 g/mol. The molecular weight excluding hydrogens is 258 g/mol. The van der Waals surface area contributed by atoms with Crippen molar-refractivity contribution in [2.45, 2.75) is 84.7 Å². The molecule has 1 unspecified atom stereocenters. The second-order valence-electron chi connectivity index (χ2n) is 7.58. The lowest BCUT2D eigenvalue weighted by Crippen LogP contribution is -2.32. The molecule has 1 aliphatic carbocycles. The van der Waals surface area contributed by atoms with Crippen molar-refractivity contribution in [1.82, 2.24) is 15.1 Å². The van der Waals surface area contributed by atoms with Crippen LogP contribution in [0.5, 0.6) is 0 Å². The van der Waals surface area contributed by atoms with Crippen LogP contribution in [0.15, 0.2) is 12.3 Å². The molecule has 21 heavy (non-hydrogen) atoms. The monoisotopic (exact) mass is 291 g/mol. The molecule has 0 aliphatic heterocycles. The van der Waals surface area contributed by atoms with Gasteiger partial charge in [-0.3, -0.25) is 4.68 Å². The summed E-state index contributed by atoms with van der Waals surface area (Å²) < 4.78 is 2.23. The SMILES string of the molecule is CCNC(C)CC(C)(C)Cc1ccn(C2CCCCC2)n1. The van der Waals surface area contributed by atoms with Gasteiger partial charge in [-0.1, -0.05) is 40.0 Å². The first kappa shape index (κ1) is 16.5. The van der Waals surface area contributed by atoms with Gasteiger partial charge in [0, 0.05) is 12.2 Å². The Balaban J connectivity index is 1.91. The molecule has 0 spiro atoms. The van der Waals surface area contributed by atoms with Crippen molar-refractivity contribution in [2.24, 2.45) is 5.41 Å². The highest BCUT2D eigenvalue weighted by Gasteiger charge is 2.23. The Morgan fingerprint density at radius 3 is 2.71 bits per heavy atom.